The molecule has 0 fully saturated rings. The number of nitrogens with zero attached hydrogens (tertiary/aromatic N) is 5. The fourth-order valence-corrected chi connectivity index (χ4v) is 2.53. The molecule has 0 radical (unpaired) electrons. The van der Waals surface area contributed by atoms with Crippen LogP contribution in [-0.2, 0) is 20.6 Å². The summed E-state index contributed by atoms with van der Waals surface area (Å²) in [6.45, 7) is 2.83. The first kappa shape index (κ1) is 18.2. The fraction of sp³-hybridized carbons (Fsp3) is 0.643. The summed E-state index contributed by atoms with van der Waals surface area (Å²) >= 11 is 0. The highest BCUT2D eigenvalue weighted by Crippen LogP contribution is 2.19. The zero-order chi connectivity index (χ0) is 18.1. The molecule has 0 atom stereocenters. The molecule has 0 aliphatic carbocycles. The van der Waals surface area contributed by atoms with Crippen LogP contribution in [0.15, 0.2) is 15.9 Å². The van der Waals surface area contributed by atoms with Crippen LogP contribution in [0.4, 0.5) is 13.2 Å². The van der Waals surface area contributed by atoms with Crippen molar-refractivity contribution in [2.24, 2.45) is 14.1 Å². The Morgan fingerprint density at radius 3 is 2.42 bits per heavy atom. The summed E-state index contributed by atoms with van der Waals surface area (Å²) in [6, 6.07) is 0. The third-order valence-electron chi connectivity index (χ3n) is 4.03. The van der Waals surface area contributed by atoms with E-state index in [1.165, 1.54) is 25.0 Å². The van der Waals surface area contributed by atoms with E-state index in [0.717, 1.165) is 4.57 Å². The van der Waals surface area contributed by atoms with Crippen molar-refractivity contribution in [2.75, 3.05) is 19.6 Å². The monoisotopic (exact) mass is 347 g/mol. The Morgan fingerprint density at radius 1 is 1.17 bits per heavy atom. The molecule has 0 N–H and O–H groups in total. The Hall–Kier alpha value is -2.10. The van der Waals surface area contributed by atoms with Gasteiger partial charge in [-0.2, -0.15) is 13.2 Å². The Morgan fingerprint density at radius 2 is 1.83 bits per heavy atom. The predicted octanol–water partition coefficient (Wildman–Crippen LogP) is 0.708. The molecular formula is C14H20F3N5O2. The molecule has 2 rings (SSSR count). The van der Waals surface area contributed by atoms with E-state index in [9.17, 15) is 22.8 Å². The zero-order valence-electron chi connectivity index (χ0n) is 13.8. The average Bonchev–Trinajstić information content (AvgIpc) is 2.94. The normalized spacial score (nSPS) is 12.5. The summed E-state index contributed by atoms with van der Waals surface area (Å²) in [6.07, 6.45) is -3.63. The molecule has 0 saturated carbocycles. The number of halogens is 3. The number of aromatic nitrogens is 4. The molecule has 0 aromatic carbocycles. The van der Waals surface area contributed by atoms with Crippen LogP contribution in [0.1, 0.15) is 13.3 Å². The van der Waals surface area contributed by atoms with Crippen LogP contribution in [0, 0.1) is 0 Å². The van der Waals surface area contributed by atoms with Gasteiger partial charge in [-0.05, 0) is 6.54 Å². The lowest BCUT2D eigenvalue weighted by atomic mass is 10.3. The van der Waals surface area contributed by atoms with Crippen LogP contribution in [0.5, 0.6) is 0 Å². The lowest BCUT2D eigenvalue weighted by Gasteiger charge is -2.21. The summed E-state index contributed by atoms with van der Waals surface area (Å²) in [5, 5.41) is 0. The van der Waals surface area contributed by atoms with Gasteiger partial charge in [-0.15, -0.1) is 0 Å². The molecule has 24 heavy (non-hydrogen) atoms. The number of hydrogen-bond acceptors (Lipinski definition) is 4. The summed E-state index contributed by atoms with van der Waals surface area (Å²) in [4.78, 5) is 29.9. The van der Waals surface area contributed by atoms with E-state index >= 15 is 0 Å². The van der Waals surface area contributed by atoms with Crippen molar-refractivity contribution in [3.05, 3.63) is 27.2 Å². The number of fused-ring (bicyclic) bond motifs is 1. The Bertz CT molecular complexity index is 834. The average molecular weight is 347 g/mol. The number of aryl methyl sites for hydroxylation is 1. The van der Waals surface area contributed by atoms with Crippen molar-refractivity contribution in [2.45, 2.75) is 26.1 Å². The van der Waals surface area contributed by atoms with E-state index in [4.69, 9.17) is 0 Å². The highest BCUT2D eigenvalue weighted by Gasteiger charge is 2.27. The maximum absolute atomic E-state index is 12.3. The van der Waals surface area contributed by atoms with E-state index in [2.05, 4.69) is 4.98 Å². The van der Waals surface area contributed by atoms with Gasteiger partial charge in [-0.25, -0.2) is 9.78 Å². The first-order valence-corrected chi connectivity index (χ1v) is 7.55. The molecule has 2 aromatic rings. The van der Waals surface area contributed by atoms with Gasteiger partial charge in [0.2, 0.25) is 0 Å². The van der Waals surface area contributed by atoms with Gasteiger partial charge in [0.1, 0.15) is 0 Å². The SMILES string of the molecule is CCN(CCn1cnc2c1c(=O)n(C)c(=O)n2C)CCC(F)(F)F. The molecule has 0 aliphatic rings. The third kappa shape index (κ3) is 3.69. The minimum absolute atomic E-state index is 0.0941. The van der Waals surface area contributed by atoms with Crippen molar-refractivity contribution >= 4 is 11.2 Å². The predicted molar refractivity (Wildman–Crippen MR) is 83.0 cm³/mol. The molecule has 0 saturated heterocycles. The van der Waals surface area contributed by atoms with Gasteiger partial charge in [-0.3, -0.25) is 13.9 Å². The minimum atomic E-state index is -4.19. The molecule has 2 aromatic heterocycles. The molecule has 0 aliphatic heterocycles. The minimum Gasteiger partial charge on any atom is -0.323 e. The van der Waals surface area contributed by atoms with Crippen LogP contribution in [0.25, 0.3) is 11.2 Å². The second-order valence-corrected chi connectivity index (χ2v) is 5.62. The second-order valence-electron chi connectivity index (χ2n) is 5.62. The van der Waals surface area contributed by atoms with Gasteiger partial charge in [0.05, 0.1) is 12.7 Å². The van der Waals surface area contributed by atoms with E-state index in [0.29, 0.717) is 19.6 Å². The maximum Gasteiger partial charge on any atom is 0.390 e. The number of hydrogen-bond donors (Lipinski definition) is 0. The van der Waals surface area contributed by atoms with Crippen LogP contribution in [-0.4, -0.2) is 49.4 Å². The first-order valence-electron chi connectivity index (χ1n) is 7.55. The van der Waals surface area contributed by atoms with E-state index < -0.39 is 23.8 Å². The van der Waals surface area contributed by atoms with Gasteiger partial charge in [0.15, 0.2) is 11.2 Å². The van der Waals surface area contributed by atoms with Crippen LogP contribution in [0.3, 0.4) is 0 Å². The second kappa shape index (κ2) is 6.80. The quantitative estimate of drug-likeness (QED) is 0.772. The molecule has 134 valence electrons. The summed E-state index contributed by atoms with van der Waals surface area (Å²) in [5.74, 6) is 0. The van der Waals surface area contributed by atoms with E-state index in [1.807, 2.05) is 0 Å². The smallest absolute Gasteiger partial charge is 0.323 e. The standard InChI is InChI=1S/C14H20F3N5O2/c1-4-21(6-5-14(15,16)17)7-8-22-9-18-11-10(22)12(23)20(3)13(24)19(11)2/h9H,4-8H2,1-3H3. The Kier molecular flexibility index (Phi) is 5.16. The molecular weight excluding hydrogens is 327 g/mol. The van der Waals surface area contributed by atoms with Crippen LogP contribution >= 0.6 is 0 Å². The van der Waals surface area contributed by atoms with Crippen LogP contribution in [0.2, 0.25) is 0 Å². The Labute approximate surface area is 135 Å². The lowest BCUT2D eigenvalue weighted by Crippen LogP contribution is -2.38. The van der Waals surface area contributed by atoms with E-state index in [1.54, 1.807) is 16.4 Å². The van der Waals surface area contributed by atoms with Crippen molar-refractivity contribution in [1.29, 1.82) is 0 Å². The van der Waals surface area contributed by atoms with Crippen molar-refractivity contribution < 1.29 is 13.2 Å². The fourth-order valence-electron chi connectivity index (χ4n) is 2.53. The molecule has 10 heteroatoms. The number of alkyl halides is 3. The summed E-state index contributed by atoms with van der Waals surface area (Å²) < 4.78 is 40.8. The van der Waals surface area contributed by atoms with Crippen molar-refractivity contribution in [3.8, 4) is 0 Å². The van der Waals surface area contributed by atoms with Gasteiger partial charge < -0.3 is 9.47 Å². The van der Waals surface area contributed by atoms with Gasteiger partial charge in [-0.1, -0.05) is 6.92 Å². The Balaban J connectivity index is 2.22. The van der Waals surface area contributed by atoms with Crippen molar-refractivity contribution in [3.63, 3.8) is 0 Å². The third-order valence-corrected chi connectivity index (χ3v) is 4.03. The highest BCUT2D eigenvalue weighted by atomic mass is 19.4. The van der Waals surface area contributed by atoms with Crippen LogP contribution < -0.4 is 11.2 Å². The molecule has 0 unspecified atom stereocenters. The largest absolute Gasteiger partial charge is 0.390 e. The number of rotatable bonds is 6. The van der Waals surface area contributed by atoms with E-state index in [-0.39, 0.29) is 17.7 Å². The van der Waals surface area contributed by atoms with Gasteiger partial charge in [0, 0.05) is 33.7 Å². The molecule has 7 nitrogen and oxygen atoms in total. The van der Waals surface area contributed by atoms with Crippen molar-refractivity contribution in [1.82, 2.24) is 23.6 Å². The molecule has 2 heterocycles. The molecule has 0 bridgehead atoms. The molecule has 0 spiro atoms. The summed E-state index contributed by atoms with van der Waals surface area (Å²) in [7, 11) is 2.90. The molecule has 0 amide bonds. The zero-order valence-corrected chi connectivity index (χ0v) is 13.8. The van der Waals surface area contributed by atoms with Gasteiger partial charge >= 0.3 is 11.9 Å². The number of likely N-dealkylation sites (N-methyl/N-ethyl adjacent to an activating group) is 1. The summed E-state index contributed by atoms with van der Waals surface area (Å²) in [5.41, 5.74) is -0.407. The topological polar surface area (TPSA) is 65.1 Å². The number of imidazole rings is 1. The lowest BCUT2D eigenvalue weighted by molar-refractivity contribution is -0.137. The van der Waals surface area contributed by atoms with Gasteiger partial charge in [0.25, 0.3) is 5.56 Å². The highest BCUT2D eigenvalue weighted by molar-refractivity contribution is 5.69. The first-order chi connectivity index (χ1) is 11.2. The maximum atomic E-state index is 12.3.